The fraction of sp³-hybridized carbons (Fsp3) is 0.316. The van der Waals surface area contributed by atoms with E-state index in [-0.39, 0.29) is 5.91 Å². The predicted octanol–water partition coefficient (Wildman–Crippen LogP) is 2.83. The Morgan fingerprint density at radius 2 is 1.54 bits per heavy atom. The van der Waals surface area contributed by atoms with E-state index in [0.717, 1.165) is 43.4 Å². The highest BCUT2D eigenvalue weighted by Gasteiger charge is 2.27. The van der Waals surface area contributed by atoms with Gasteiger partial charge in [0.25, 0.3) is 0 Å². The molecule has 3 rings (SSSR count). The number of benzene rings is 2. The SMILES string of the molecule is CS(=O)(=O)Nc1ccc(NC(C(=O)N2CCCC2)c2ccccc2)cc1. The van der Waals surface area contributed by atoms with Crippen molar-refractivity contribution < 1.29 is 13.2 Å². The number of nitrogens with one attached hydrogen (secondary N) is 2. The predicted molar refractivity (Wildman–Crippen MR) is 104 cm³/mol. The van der Waals surface area contributed by atoms with Crippen LogP contribution in [0.3, 0.4) is 0 Å². The van der Waals surface area contributed by atoms with Gasteiger partial charge < -0.3 is 10.2 Å². The maximum Gasteiger partial charge on any atom is 0.249 e. The van der Waals surface area contributed by atoms with Crippen LogP contribution >= 0.6 is 0 Å². The van der Waals surface area contributed by atoms with Gasteiger partial charge in [-0.25, -0.2) is 8.42 Å². The lowest BCUT2D eigenvalue weighted by molar-refractivity contribution is -0.131. The second-order valence-corrected chi connectivity index (χ2v) is 8.22. The molecule has 2 N–H and O–H groups in total. The summed E-state index contributed by atoms with van der Waals surface area (Å²) >= 11 is 0. The zero-order valence-corrected chi connectivity index (χ0v) is 15.5. The lowest BCUT2D eigenvalue weighted by Crippen LogP contribution is -2.36. The number of likely N-dealkylation sites (tertiary alicyclic amines) is 1. The summed E-state index contributed by atoms with van der Waals surface area (Å²) in [4.78, 5) is 14.9. The smallest absolute Gasteiger partial charge is 0.249 e. The molecular formula is C19H23N3O3S. The molecule has 0 saturated carbocycles. The van der Waals surface area contributed by atoms with Crippen molar-refractivity contribution in [3.63, 3.8) is 0 Å². The van der Waals surface area contributed by atoms with Crippen molar-refractivity contribution in [3.8, 4) is 0 Å². The van der Waals surface area contributed by atoms with Crippen LogP contribution < -0.4 is 10.0 Å². The lowest BCUT2D eigenvalue weighted by atomic mass is 10.1. The maximum atomic E-state index is 13.0. The van der Waals surface area contributed by atoms with Crippen molar-refractivity contribution in [1.29, 1.82) is 0 Å². The van der Waals surface area contributed by atoms with Crippen LogP contribution in [-0.4, -0.2) is 38.6 Å². The highest BCUT2D eigenvalue weighted by atomic mass is 32.2. The van der Waals surface area contributed by atoms with Crippen molar-refractivity contribution in [2.24, 2.45) is 0 Å². The molecule has 0 aliphatic carbocycles. The average molecular weight is 373 g/mol. The van der Waals surface area contributed by atoms with Crippen molar-refractivity contribution in [3.05, 3.63) is 60.2 Å². The van der Waals surface area contributed by atoms with Gasteiger partial charge in [0.1, 0.15) is 6.04 Å². The average Bonchev–Trinajstić information content (AvgIpc) is 3.15. The summed E-state index contributed by atoms with van der Waals surface area (Å²) in [7, 11) is -3.31. The molecule has 1 fully saturated rings. The van der Waals surface area contributed by atoms with E-state index in [1.54, 1.807) is 24.3 Å². The fourth-order valence-corrected chi connectivity index (χ4v) is 3.63. The van der Waals surface area contributed by atoms with Gasteiger partial charge in [-0.15, -0.1) is 0 Å². The van der Waals surface area contributed by atoms with Gasteiger partial charge in [-0.05, 0) is 42.7 Å². The number of hydrogen-bond acceptors (Lipinski definition) is 4. The molecule has 2 aromatic rings. The number of sulfonamides is 1. The van der Waals surface area contributed by atoms with Gasteiger partial charge in [0, 0.05) is 24.5 Å². The van der Waals surface area contributed by atoms with E-state index < -0.39 is 16.1 Å². The minimum Gasteiger partial charge on any atom is -0.370 e. The molecule has 1 aliphatic heterocycles. The molecule has 138 valence electrons. The van der Waals surface area contributed by atoms with Crippen LogP contribution in [0.4, 0.5) is 11.4 Å². The topological polar surface area (TPSA) is 78.5 Å². The second-order valence-electron chi connectivity index (χ2n) is 6.47. The Morgan fingerprint density at radius 1 is 0.962 bits per heavy atom. The number of amides is 1. The molecule has 0 radical (unpaired) electrons. The Morgan fingerprint density at radius 3 is 2.12 bits per heavy atom. The normalized spacial score (nSPS) is 15.5. The summed E-state index contributed by atoms with van der Waals surface area (Å²) in [5.41, 5.74) is 2.15. The van der Waals surface area contributed by atoms with E-state index >= 15 is 0 Å². The molecule has 2 aromatic carbocycles. The van der Waals surface area contributed by atoms with E-state index in [4.69, 9.17) is 0 Å². The Kier molecular flexibility index (Phi) is 5.46. The Bertz CT molecular complexity index is 845. The van der Waals surface area contributed by atoms with Crippen molar-refractivity contribution in [2.75, 3.05) is 29.4 Å². The van der Waals surface area contributed by atoms with Crippen LogP contribution in [0.2, 0.25) is 0 Å². The minimum absolute atomic E-state index is 0.0621. The molecule has 26 heavy (non-hydrogen) atoms. The maximum absolute atomic E-state index is 13.0. The summed E-state index contributed by atoms with van der Waals surface area (Å²) in [6, 6.07) is 16.0. The quantitative estimate of drug-likeness (QED) is 0.816. The second kappa shape index (κ2) is 7.78. The minimum atomic E-state index is -3.31. The Balaban J connectivity index is 1.80. The first-order chi connectivity index (χ1) is 12.4. The van der Waals surface area contributed by atoms with Crippen molar-refractivity contribution in [1.82, 2.24) is 4.90 Å². The number of anilines is 2. The van der Waals surface area contributed by atoms with Gasteiger partial charge in [-0.3, -0.25) is 9.52 Å². The van der Waals surface area contributed by atoms with Crippen LogP contribution in [-0.2, 0) is 14.8 Å². The molecule has 0 spiro atoms. The molecule has 0 aromatic heterocycles. The molecular weight excluding hydrogens is 350 g/mol. The standard InChI is InChI=1S/C19H23N3O3S/c1-26(24,25)21-17-11-9-16(10-12-17)20-18(15-7-3-2-4-8-15)19(23)22-13-5-6-14-22/h2-4,7-12,18,20-21H,5-6,13-14H2,1H3. The first kappa shape index (κ1) is 18.3. The third-order valence-electron chi connectivity index (χ3n) is 4.30. The third-order valence-corrected chi connectivity index (χ3v) is 4.90. The van der Waals surface area contributed by atoms with Crippen LogP contribution in [0.15, 0.2) is 54.6 Å². The zero-order valence-electron chi connectivity index (χ0n) is 14.7. The first-order valence-corrected chi connectivity index (χ1v) is 10.5. The summed E-state index contributed by atoms with van der Waals surface area (Å²) in [5, 5.41) is 3.29. The molecule has 7 heteroatoms. The molecule has 1 heterocycles. The van der Waals surface area contributed by atoms with Crippen LogP contribution in [0.5, 0.6) is 0 Å². The van der Waals surface area contributed by atoms with Gasteiger partial charge in [0.2, 0.25) is 15.9 Å². The zero-order chi connectivity index (χ0) is 18.6. The molecule has 1 aliphatic rings. The largest absolute Gasteiger partial charge is 0.370 e. The number of rotatable bonds is 6. The third kappa shape index (κ3) is 4.76. The number of nitrogens with zero attached hydrogens (tertiary/aromatic N) is 1. The van der Waals surface area contributed by atoms with Gasteiger partial charge in [0.05, 0.1) is 6.26 Å². The van der Waals surface area contributed by atoms with Crippen LogP contribution in [0, 0.1) is 0 Å². The number of hydrogen-bond donors (Lipinski definition) is 2. The van der Waals surface area contributed by atoms with Gasteiger partial charge in [-0.2, -0.15) is 0 Å². The van der Waals surface area contributed by atoms with E-state index in [9.17, 15) is 13.2 Å². The fourth-order valence-electron chi connectivity index (χ4n) is 3.07. The van der Waals surface area contributed by atoms with E-state index in [0.29, 0.717) is 5.69 Å². The van der Waals surface area contributed by atoms with Gasteiger partial charge >= 0.3 is 0 Å². The molecule has 1 amide bonds. The summed E-state index contributed by atoms with van der Waals surface area (Å²) in [5.74, 6) is 0.0621. The molecule has 6 nitrogen and oxygen atoms in total. The Labute approximate surface area is 154 Å². The summed E-state index contributed by atoms with van der Waals surface area (Å²) < 4.78 is 25.0. The number of carbonyl (C=O) groups excluding carboxylic acids is 1. The summed E-state index contributed by atoms with van der Waals surface area (Å²) in [6.45, 7) is 1.59. The molecule has 1 saturated heterocycles. The van der Waals surface area contributed by atoms with Crippen LogP contribution in [0.1, 0.15) is 24.4 Å². The summed E-state index contributed by atoms with van der Waals surface area (Å²) in [6.07, 6.45) is 3.19. The first-order valence-electron chi connectivity index (χ1n) is 8.60. The van der Waals surface area contributed by atoms with Crippen molar-refractivity contribution in [2.45, 2.75) is 18.9 Å². The highest BCUT2D eigenvalue weighted by molar-refractivity contribution is 7.92. The lowest BCUT2D eigenvalue weighted by Gasteiger charge is -2.25. The van der Waals surface area contributed by atoms with E-state index in [1.807, 2.05) is 35.2 Å². The molecule has 1 unspecified atom stereocenters. The van der Waals surface area contributed by atoms with Crippen molar-refractivity contribution >= 4 is 27.3 Å². The monoisotopic (exact) mass is 373 g/mol. The number of carbonyl (C=O) groups is 1. The molecule has 1 atom stereocenters. The highest BCUT2D eigenvalue weighted by Crippen LogP contribution is 2.25. The molecule has 0 bridgehead atoms. The van der Waals surface area contributed by atoms with Crippen LogP contribution in [0.25, 0.3) is 0 Å². The van der Waals surface area contributed by atoms with E-state index in [1.165, 1.54) is 0 Å². The Hall–Kier alpha value is -2.54. The van der Waals surface area contributed by atoms with Gasteiger partial charge in [0.15, 0.2) is 0 Å². The van der Waals surface area contributed by atoms with E-state index in [2.05, 4.69) is 10.0 Å². The van der Waals surface area contributed by atoms with Gasteiger partial charge in [-0.1, -0.05) is 30.3 Å².